The van der Waals surface area contributed by atoms with Crippen LogP contribution in [0, 0.1) is 5.92 Å². The molecule has 1 saturated heterocycles. The fourth-order valence-corrected chi connectivity index (χ4v) is 2.61. The molecular formula is C13H17N3OS. The summed E-state index contributed by atoms with van der Waals surface area (Å²) in [5.41, 5.74) is 6.26. The zero-order chi connectivity index (χ0) is 12.5. The summed E-state index contributed by atoms with van der Waals surface area (Å²) in [5.74, 6) is 1.57. The number of nitrogens with zero attached hydrogens (tertiary/aromatic N) is 1. The van der Waals surface area contributed by atoms with Crippen LogP contribution in [0.25, 0.3) is 0 Å². The molecule has 2 fully saturated rings. The van der Waals surface area contributed by atoms with E-state index in [9.17, 15) is 0 Å². The summed E-state index contributed by atoms with van der Waals surface area (Å²) in [7, 11) is 0. The second-order valence-electron chi connectivity index (χ2n) is 4.98. The Morgan fingerprint density at radius 3 is 2.94 bits per heavy atom. The molecule has 3 rings (SSSR count). The predicted octanol–water partition coefficient (Wildman–Crippen LogP) is 1.70. The molecule has 0 radical (unpaired) electrons. The van der Waals surface area contributed by atoms with E-state index in [2.05, 4.69) is 10.3 Å². The second kappa shape index (κ2) is 4.82. The van der Waals surface area contributed by atoms with Gasteiger partial charge in [-0.2, -0.15) is 0 Å². The van der Waals surface area contributed by atoms with Crippen molar-refractivity contribution >= 4 is 23.0 Å². The monoisotopic (exact) mass is 263 g/mol. The summed E-state index contributed by atoms with van der Waals surface area (Å²) >= 11 is 4.94. The molecule has 2 atom stereocenters. The minimum atomic E-state index is 0.333. The van der Waals surface area contributed by atoms with Crippen molar-refractivity contribution in [2.45, 2.75) is 31.4 Å². The van der Waals surface area contributed by atoms with Crippen molar-refractivity contribution in [3.63, 3.8) is 0 Å². The Morgan fingerprint density at radius 2 is 2.22 bits per heavy atom. The average molecular weight is 263 g/mol. The van der Waals surface area contributed by atoms with E-state index in [0.717, 1.165) is 24.8 Å². The first-order valence-corrected chi connectivity index (χ1v) is 6.80. The lowest BCUT2D eigenvalue weighted by molar-refractivity contribution is 0.0898. The largest absolute Gasteiger partial charge is 0.388 e. The van der Waals surface area contributed by atoms with Gasteiger partial charge in [0, 0.05) is 6.61 Å². The van der Waals surface area contributed by atoms with Gasteiger partial charge in [0.1, 0.15) is 10.8 Å². The Kier molecular flexibility index (Phi) is 3.18. The SMILES string of the molecule is NC(=S)c1cccc(NC2CCOC2C2CC2)n1. The molecule has 0 aromatic carbocycles. The molecule has 1 aromatic rings. The fourth-order valence-electron chi connectivity index (χ4n) is 2.50. The number of thiocarbonyl (C=S) groups is 1. The van der Waals surface area contributed by atoms with Crippen molar-refractivity contribution in [1.82, 2.24) is 4.98 Å². The first-order valence-electron chi connectivity index (χ1n) is 6.39. The van der Waals surface area contributed by atoms with E-state index in [-0.39, 0.29) is 0 Å². The molecule has 3 N–H and O–H groups in total. The highest BCUT2D eigenvalue weighted by molar-refractivity contribution is 7.80. The van der Waals surface area contributed by atoms with Gasteiger partial charge >= 0.3 is 0 Å². The number of nitrogens with one attached hydrogen (secondary N) is 1. The maximum atomic E-state index is 5.80. The normalized spacial score (nSPS) is 27.1. The molecule has 5 heteroatoms. The van der Waals surface area contributed by atoms with Gasteiger partial charge in [0.05, 0.1) is 17.8 Å². The molecule has 2 heterocycles. The van der Waals surface area contributed by atoms with Crippen LogP contribution < -0.4 is 11.1 Å². The maximum Gasteiger partial charge on any atom is 0.127 e. The number of pyridine rings is 1. The molecule has 2 aliphatic rings. The highest BCUT2D eigenvalue weighted by atomic mass is 32.1. The Hall–Kier alpha value is -1.20. The molecule has 1 aliphatic carbocycles. The predicted molar refractivity (Wildman–Crippen MR) is 74.6 cm³/mol. The molecule has 0 bridgehead atoms. The summed E-state index contributed by atoms with van der Waals surface area (Å²) in [5, 5.41) is 3.46. The molecule has 0 spiro atoms. The van der Waals surface area contributed by atoms with Gasteiger partial charge in [0.2, 0.25) is 0 Å². The molecule has 2 unspecified atom stereocenters. The second-order valence-corrected chi connectivity index (χ2v) is 5.42. The van der Waals surface area contributed by atoms with Gasteiger partial charge in [-0.1, -0.05) is 18.3 Å². The minimum absolute atomic E-state index is 0.333. The van der Waals surface area contributed by atoms with Gasteiger partial charge < -0.3 is 15.8 Å². The molecular weight excluding hydrogens is 246 g/mol. The van der Waals surface area contributed by atoms with E-state index in [1.807, 2.05) is 18.2 Å². The van der Waals surface area contributed by atoms with Crippen molar-refractivity contribution in [3.05, 3.63) is 23.9 Å². The fraction of sp³-hybridized carbons (Fsp3) is 0.538. The number of rotatable bonds is 4. The third-order valence-electron chi connectivity index (χ3n) is 3.56. The highest BCUT2D eigenvalue weighted by Gasteiger charge is 2.40. The Balaban J connectivity index is 1.71. The van der Waals surface area contributed by atoms with Crippen LogP contribution in [-0.4, -0.2) is 28.7 Å². The van der Waals surface area contributed by atoms with Crippen LogP contribution in [0.2, 0.25) is 0 Å². The highest BCUT2D eigenvalue weighted by Crippen LogP contribution is 2.39. The zero-order valence-corrected chi connectivity index (χ0v) is 11.0. The molecule has 96 valence electrons. The standard InChI is InChI=1S/C13H17N3OS/c14-13(18)10-2-1-3-11(16-10)15-9-6-7-17-12(9)8-4-5-8/h1-3,8-9,12H,4-7H2,(H2,14,18)(H,15,16). The smallest absolute Gasteiger partial charge is 0.127 e. The molecule has 18 heavy (non-hydrogen) atoms. The van der Waals surface area contributed by atoms with E-state index >= 15 is 0 Å². The number of ether oxygens (including phenoxy) is 1. The third kappa shape index (κ3) is 2.47. The van der Waals surface area contributed by atoms with Crippen molar-refractivity contribution in [1.29, 1.82) is 0 Å². The topological polar surface area (TPSA) is 60.2 Å². The van der Waals surface area contributed by atoms with E-state index in [1.54, 1.807) is 0 Å². The number of hydrogen-bond donors (Lipinski definition) is 2. The van der Waals surface area contributed by atoms with E-state index in [4.69, 9.17) is 22.7 Å². The summed E-state index contributed by atoms with van der Waals surface area (Å²) in [6.45, 7) is 0.841. The third-order valence-corrected chi connectivity index (χ3v) is 3.77. The van der Waals surface area contributed by atoms with E-state index < -0.39 is 0 Å². The van der Waals surface area contributed by atoms with E-state index in [1.165, 1.54) is 12.8 Å². The van der Waals surface area contributed by atoms with Crippen molar-refractivity contribution < 1.29 is 4.74 Å². The summed E-state index contributed by atoms with van der Waals surface area (Å²) in [6, 6.07) is 6.07. The van der Waals surface area contributed by atoms with Crippen molar-refractivity contribution in [2.24, 2.45) is 11.7 Å². The van der Waals surface area contributed by atoms with E-state index in [0.29, 0.717) is 22.8 Å². The first kappa shape index (κ1) is 11.9. The Labute approximate surface area is 112 Å². The Bertz CT molecular complexity index is 461. The summed E-state index contributed by atoms with van der Waals surface area (Å²) in [4.78, 5) is 4.75. The number of hydrogen-bond acceptors (Lipinski definition) is 4. The first-order chi connectivity index (χ1) is 8.74. The summed E-state index contributed by atoms with van der Waals surface area (Å²) in [6.07, 6.45) is 3.98. The van der Waals surface area contributed by atoms with Crippen LogP contribution in [0.5, 0.6) is 0 Å². The average Bonchev–Trinajstić information content (AvgIpc) is 3.11. The van der Waals surface area contributed by atoms with Gasteiger partial charge in [-0.25, -0.2) is 4.98 Å². The van der Waals surface area contributed by atoms with Crippen LogP contribution in [0.4, 0.5) is 5.82 Å². The van der Waals surface area contributed by atoms with Crippen LogP contribution >= 0.6 is 12.2 Å². The van der Waals surface area contributed by atoms with Crippen molar-refractivity contribution in [3.8, 4) is 0 Å². The van der Waals surface area contributed by atoms with Crippen LogP contribution in [0.3, 0.4) is 0 Å². The van der Waals surface area contributed by atoms with Crippen molar-refractivity contribution in [2.75, 3.05) is 11.9 Å². The lowest BCUT2D eigenvalue weighted by Gasteiger charge is -2.20. The van der Waals surface area contributed by atoms with Crippen LogP contribution in [0.15, 0.2) is 18.2 Å². The molecule has 0 amide bonds. The number of aromatic nitrogens is 1. The maximum absolute atomic E-state index is 5.80. The molecule has 1 aliphatic heterocycles. The number of anilines is 1. The lowest BCUT2D eigenvalue weighted by Crippen LogP contribution is -2.31. The molecule has 4 nitrogen and oxygen atoms in total. The lowest BCUT2D eigenvalue weighted by atomic mass is 10.1. The Morgan fingerprint density at radius 1 is 1.39 bits per heavy atom. The van der Waals surface area contributed by atoms with Gasteiger partial charge in [0.25, 0.3) is 0 Å². The quantitative estimate of drug-likeness (QED) is 0.810. The van der Waals surface area contributed by atoms with Gasteiger partial charge in [-0.15, -0.1) is 0 Å². The van der Waals surface area contributed by atoms with Crippen LogP contribution in [0.1, 0.15) is 25.0 Å². The minimum Gasteiger partial charge on any atom is -0.388 e. The molecule has 1 aromatic heterocycles. The zero-order valence-electron chi connectivity index (χ0n) is 10.1. The summed E-state index contributed by atoms with van der Waals surface area (Å²) < 4.78 is 5.80. The van der Waals surface area contributed by atoms with Gasteiger partial charge in [-0.3, -0.25) is 0 Å². The van der Waals surface area contributed by atoms with Gasteiger partial charge in [0.15, 0.2) is 0 Å². The molecule has 1 saturated carbocycles. The van der Waals surface area contributed by atoms with Crippen LogP contribution in [-0.2, 0) is 4.74 Å². The number of nitrogens with two attached hydrogens (primary N) is 1. The van der Waals surface area contributed by atoms with Gasteiger partial charge in [-0.05, 0) is 37.3 Å².